The lowest BCUT2D eigenvalue weighted by atomic mass is 10.0. The van der Waals surface area contributed by atoms with Crippen LogP contribution in [0.4, 0.5) is 0 Å². The van der Waals surface area contributed by atoms with Crippen molar-refractivity contribution in [3.05, 3.63) is 109 Å². The highest BCUT2D eigenvalue weighted by Crippen LogP contribution is 2.16. The fourth-order valence-corrected chi connectivity index (χ4v) is 9.14. The van der Waals surface area contributed by atoms with Gasteiger partial charge in [-0.05, 0) is 89.9 Å². The van der Waals surface area contributed by atoms with Gasteiger partial charge in [-0.1, -0.05) is 310 Å². The molecule has 446 valence electrons. The quantitative estimate of drug-likeness (QED) is 0.0261. The number of hydrogen-bond acceptors (Lipinski definition) is 6. The van der Waals surface area contributed by atoms with Gasteiger partial charge in [-0.15, -0.1) is 0 Å². The number of hydrogen-bond donors (Lipinski definition) is 0. The van der Waals surface area contributed by atoms with E-state index in [1.54, 1.807) is 0 Å². The maximum atomic E-state index is 12.9. The fourth-order valence-electron chi connectivity index (χ4n) is 9.14. The molecule has 0 radical (unpaired) electrons. The van der Waals surface area contributed by atoms with E-state index < -0.39 is 6.10 Å². The van der Waals surface area contributed by atoms with Gasteiger partial charge < -0.3 is 14.2 Å². The molecule has 0 spiro atoms. The van der Waals surface area contributed by atoms with E-state index in [0.29, 0.717) is 19.3 Å². The summed E-state index contributed by atoms with van der Waals surface area (Å²) in [5, 5.41) is 0. The third-order valence-electron chi connectivity index (χ3n) is 14.0. The van der Waals surface area contributed by atoms with Crippen LogP contribution in [0, 0.1) is 0 Å². The zero-order valence-corrected chi connectivity index (χ0v) is 51.2. The molecule has 0 saturated heterocycles. The zero-order valence-electron chi connectivity index (χ0n) is 51.2. The van der Waals surface area contributed by atoms with Crippen molar-refractivity contribution in [3.8, 4) is 0 Å². The first-order chi connectivity index (χ1) is 38.5. The van der Waals surface area contributed by atoms with Gasteiger partial charge in [0.2, 0.25) is 0 Å². The Labute approximate surface area is 482 Å². The van der Waals surface area contributed by atoms with E-state index in [-0.39, 0.29) is 31.1 Å². The van der Waals surface area contributed by atoms with Crippen molar-refractivity contribution >= 4 is 17.9 Å². The molecule has 0 aromatic rings. The molecule has 0 N–H and O–H groups in total. The normalized spacial score (nSPS) is 12.8. The largest absolute Gasteiger partial charge is 0.462 e. The molecule has 0 aromatic carbocycles. The Kier molecular flexibility index (Phi) is 62.3. The Morgan fingerprint density at radius 3 is 0.782 bits per heavy atom. The van der Waals surface area contributed by atoms with E-state index in [2.05, 4.69) is 130 Å². The highest BCUT2D eigenvalue weighted by Gasteiger charge is 2.19. The van der Waals surface area contributed by atoms with Crippen molar-refractivity contribution in [2.45, 2.75) is 316 Å². The summed E-state index contributed by atoms with van der Waals surface area (Å²) in [5.41, 5.74) is 0. The molecule has 0 fully saturated rings. The number of esters is 3. The summed E-state index contributed by atoms with van der Waals surface area (Å²) in [6.07, 6.45) is 89.7. The van der Waals surface area contributed by atoms with Crippen molar-refractivity contribution in [2.75, 3.05) is 13.2 Å². The highest BCUT2D eigenvalue weighted by molar-refractivity contribution is 5.71. The molecule has 0 rings (SSSR count). The molecular formula is C72H122O6. The van der Waals surface area contributed by atoms with Crippen molar-refractivity contribution in [1.82, 2.24) is 0 Å². The molecule has 1 atom stereocenters. The molecular weight excluding hydrogens is 961 g/mol. The van der Waals surface area contributed by atoms with Crippen molar-refractivity contribution in [3.63, 3.8) is 0 Å². The van der Waals surface area contributed by atoms with Crippen LogP contribution in [0.15, 0.2) is 109 Å². The van der Waals surface area contributed by atoms with Crippen molar-refractivity contribution in [2.24, 2.45) is 0 Å². The third-order valence-corrected chi connectivity index (χ3v) is 14.0. The minimum absolute atomic E-state index is 0.0775. The molecule has 0 aromatic heterocycles. The van der Waals surface area contributed by atoms with E-state index in [4.69, 9.17) is 14.2 Å². The molecule has 0 aliphatic heterocycles. The monoisotopic (exact) mass is 1080 g/mol. The third kappa shape index (κ3) is 62.9. The van der Waals surface area contributed by atoms with E-state index in [9.17, 15) is 14.4 Å². The lowest BCUT2D eigenvalue weighted by Crippen LogP contribution is -2.30. The lowest BCUT2D eigenvalue weighted by molar-refractivity contribution is -0.167. The van der Waals surface area contributed by atoms with Gasteiger partial charge in [0.15, 0.2) is 6.10 Å². The summed E-state index contributed by atoms with van der Waals surface area (Å²) in [4.78, 5) is 38.1. The minimum Gasteiger partial charge on any atom is -0.462 e. The van der Waals surface area contributed by atoms with E-state index >= 15 is 0 Å². The molecule has 1 unspecified atom stereocenters. The predicted octanol–water partition coefficient (Wildman–Crippen LogP) is 22.6. The van der Waals surface area contributed by atoms with Gasteiger partial charge >= 0.3 is 17.9 Å². The van der Waals surface area contributed by atoms with Gasteiger partial charge in [0, 0.05) is 19.3 Å². The Balaban J connectivity index is 4.15. The Morgan fingerprint density at radius 2 is 0.500 bits per heavy atom. The van der Waals surface area contributed by atoms with Crippen LogP contribution in [0.1, 0.15) is 310 Å². The standard InChI is InChI=1S/C72H122O6/c1-4-7-10-13-16-19-21-23-25-27-28-29-30-31-32-33-34-35-36-37-38-39-40-41-42-43-44-46-47-49-51-53-56-59-62-65-71(74)77-68-69(67-76-70(73)64-61-58-55-18-15-12-9-6-3)78-72(75)66-63-60-57-54-52-50-48-45-26-24-22-20-17-14-11-8-5-2/h7,10,16,19,23,25,28-29,31-32,34-35,37-38,40-41,43-44,69H,4-6,8-9,11-15,17-18,20-22,24,26-27,30,33,36,39,42,45-68H2,1-3H3/b10-7-,19-16-,25-23-,29-28-,32-31-,35-34-,38-37-,41-40-,44-43-. The first-order valence-electron chi connectivity index (χ1n) is 32.9. The average Bonchev–Trinajstić information content (AvgIpc) is 3.44. The maximum absolute atomic E-state index is 12.9. The summed E-state index contributed by atoms with van der Waals surface area (Å²) in [5.74, 6) is -0.883. The number of allylic oxidation sites excluding steroid dienone is 18. The van der Waals surface area contributed by atoms with Gasteiger partial charge in [0.25, 0.3) is 0 Å². The Bertz CT molecular complexity index is 1570. The zero-order chi connectivity index (χ0) is 56.4. The molecule has 0 aliphatic rings. The molecule has 0 amide bonds. The molecule has 6 heteroatoms. The smallest absolute Gasteiger partial charge is 0.306 e. The summed E-state index contributed by atoms with van der Waals surface area (Å²) in [6.45, 7) is 6.51. The lowest BCUT2D eigenvalue weighted by Gasteiger charge is -2.18. The van der Waals surface area contributed by atoms with Crippen LogP contribution in [0.3, 0.4) is 0 Å². The van der Waals surface area contributed by atoms with Gasteiger partial charge in [0.05, 0.1) is 0 Å². The molecule has 0 bridgehead atoms. The predicted molar refractivity (Wildman–Crippen MR) is 339 cm³/mol. The first kappa shape index (κ1) is 74.1. The van der Waals surface area contributed by atoms with Crippen LogP contribution in [-0.2, 0) is 28.6 Å². The second-order valence-electron chi connectivity index (χ2n) is 21.7. The molecule has 0 aliphatic carbocycles. The van der Waals surface area contributed by atoms with Crippen LogP contribution >= 0.6 is 0 Å². The fraction of sp³-hybridized carbons (Fsp3) is 0.708. The van der Waals surface area contributed by atoms with Crippen molar-refractivity contribution in [1.29, 1.82) is 0 Å². The van der Waals surface area contributed by atoms with Crippen molar-refractivity contribution < 1.29 is 28.6 Å². The number of carbonyl (C=O) groups excluding carboxylic acids is 3. The Hall–Kier alpha value is -3.93. The number of unbranched alkanes of at least 4 members (excludes halogenated alkanes) is 30. The number of ether oxygens (including phenoxy) is 3. The SMILES string of the molecule is CC/C=C\C/C=C\C/C=C\C/C=C\C/C=C\C/C=C\C/C=C\C/C=C\C/C=C\CCCCCCCCCC(=O)OCC(COC(=O)CCCCCCCCCC)OC(=O)CCCCCCCCCCCCCCCCCCC. The Morgan fingerprint density at radius 1 is 0.269 bits per heavy atom. The highest BCUT2D eigenvalue weighted by atomic mass is 16.6. The average molecular weight is 1080 g/mol. The van der Waals surface area contributed by atoms with E-state index in [0.717, 1.165) is 122 Å². The molecule has 0 saturated carbocycles. The van der Waals surface area contributed by atoms with Gasteiger partial charge in [-0.25, -0.2) is 0 Å². The van der Waals surface area contributed by atoms with Crippen LogP contribution in [0.5, 0.6) is 0 Å². The molecule has 0 heterocycles. The summed E-state index contributed by atoms with van der Waals surface area (Å²) in [7, 11) is 0. The second-order valence-corrected chi connectivity index (χ2v) is 21.7. The van der Waals surface area contributed by atoms with Crippen LogP contribution < -0.4 is 0 Å². The van der Waals surface area contributed by atoms with Crippen LogP contribution in [-0.4, -0.2) is 37.2 Å². The first-order valence-corrected chi connectivity index (χ1v) is 32.9. The topological polar surface area (TPSA) is 78.9 Å². The minimum atomic E-state index is -0.779. The van der Waals surface area contributed by atoms with Crippen LogP contribution in [0.2, 0.25) is 0 Å². The maximum Gasteiger partial charge on any atom is 0.306 e. The van der Waals surface area contributed by atoms with E-state index in [1.165, 1.54) is 148 Å². The van der Waals surface area contributed by atoms with Gasteiger partial charge in [-0.2, -0.15) is 0 Å². The molecule has 78 heavy (non-hydrogen) atoms. The van der Waals surface area contributed by atoms with Crippen LogP contribution in [0.25, 0.3) is 0 Å². The molecule has 6 nitrogen and oxygen atoms in total. The van der Waals surface area contributed by atoms with Gasteiger partial charge in [-0.3, -0.25) is 14.4 Å². The van der Waals surface area contributed by atoms with Gasteiger partial charge in [0.1, 0.15) is 13.2 Å². The summed E-state index contributed by atoms with van der Waals surface area (Å²) >= 11 is 0. The summed E-state index contributed by atoms with van der Waals surface area (Å²) < 4.78 is 16.9. The second kappa shape index (κ2) is 65.6. The number of rotatable bonds is 59. The van der Waals surface area contributed by atoms with E-state index in [1.807, 2.05) is 0 Å². The summed E-state index contributed by atoms with van der Waals surface area (Å²) in [6, 6.07) is 0. The number of carbonyl (C=O) groups is 3.